The number of hydrogen-bond acceptors (Lipinski definition) is 2. The van der Waals surface area contributed by atoms with Gasteiger partial charge in [-0.15, -0.1) is 0 Å². The molecular weight excluding hydrogens is 285 g/mol. The summed E-state index contributed by atoms with van der Waals surface area (Å²) in [5.41, 5.74) is -2.65. The molecule has 7 heteroatoms. The number of nitrogens with one attached hydrogen (secondary N) is 1. The number of piperidine rings is 1. The van der Waals surface area contributed by atoms with Crippen molar-refractivity contribution >= 4 is 6.03 Å². The first-order valence-electron chi connectivity index (χ1n) is 7.29. The van der Waals surface area contributed by atoms with Gasteiger partial charge in [-0.05, 0) is 25.2 Å². The number of urea groups is 1. The predicted octanol–water partition coefficient (Wildman–Crippen LogP) is 2.44. The second kappa shape index (κ2) is 6.25. The van der Waals surface area contributed by atoms with Gasteiger partial charge in [-0.1, -0.05) is 12.2 Å². The van der Waals surface area contributed by atoms with Gasteiger partial charge in [0.2, 0.25) is 0 Å². The SMILES string of the molecule is O=C(NCC1CC=CCC1)N1CCC(O)(C(F)(F)F)CC1. The van der Waals surface area contributed by atoms with Crippen molar-refractivity contribution in [2.24, 2.45) is 5.92 Å². The molecule has 0 aromatic heterocycles. The second-order valence-electron chi connectivity index (χ2n) is 5.85. The molecule has 0 bridgehead atoms. The second-order valence-corrected chi connectivity index (χ2v) is 5.85. The van der Waals surface area contributed by atoms with Gasteiger partial charge in [0, 0.05) is 32.5 Å². The summed E-state index contributed by atoms with van der Waals surface area (Å²) in [4.78, 5) is 13.3. The van der Waals surface area contributed by atoms with E-state index in [0.717, 1.165) is 19.3 Å². The molecule has 1 unspecified atom stereocenters. The van der Waals surface area contributed by atoms with Crippen LogP contribution in [0.5, 0.6) is 0 Å². The van der Waals surface area contributed by atoms with Gasteiger partial charge >= 0.3 is 12.2 Å². The van der Waals surface area contributed by atoms with Gasteiger partial charge in [-0.3, -0.25) is 0 Å². The number of allylic oxidation sites excluding steroid dienone is 2. The molecule has 0 spiro atoms. The van der Waals surface area contributed by atoms with E-state index in [9.17, 15) is 23.1 Å². The van der Waals surface area contributed by atoms with Crippen LogP contribution in [0.1, 0.15) is 32.1 Å². The van der Waals surface area contributed by atoms with Crippen molar-refractivity contribution in [1.82, 2.24) is 10.2 Å². The molecule has 2 aliphatic rings. The fourth-order valence-electron chi connectivity index (χ4n) is 2.75. The Morgan fingerprint density at radius 3 is 2.52 bits per heavy atom. The number of halogens is 3. The van der Waals surface area contributed by atoms with E-state index in [0.29, 0.717) is 12.5 Å². The highest BCUT2D eigenvalue weighted by molar-refractivity contribution is 5.74. The Balaban J connectivity index is 1.76. The first kappa shape index (κ1) is 16.1. The van der Waals surface area contributed by atoms with Gasteiger partial charge < -0.3 is 15.3 Å². The number of rotatable bonds is 2. The molecule has 2 N–H and O–H groups in total. The highest BCUT2D eigenvalue weighted by Gasteiger charge is 2.54. The lowest BCUT2D eigenvalue weighted by molar-refractivity contribution is -0.271. The Labute approximate surface area is 122 Å². The summed E-state index contributed by atoms with van der Waals surface area (Å²) in [5.74, 6) is 0.399. The lowest BCUT2D eigenvalue weighted by atomic mass is 9.91. The van der Waals surface area contributed by atoms with Crippen LogP contribution in [0.2, 0.25) is 0 Å². The van der Waals surface area contributed by atoms with Crippen molar-refractivity contribution in [3.05, 3.63) is 12.2 Å². The maximum atomic E-state index is 12.7. The minimum absolute atomic E-state index is 0.0770. The summed E-state index contributed by atoms with van der Waals surface area (Å²) in [6.07, 6.45) is 1.59. The molecule has 2 rings (SSSR count). The summed E-state index contributed by atoms with van der Waals surface area (Å²) in [6.45, 7) is 0.391. The van der Waals surface area contributed by atoms with E-state index in [4.69, 9.17) is 0 Å². The zero-order valence-electron chi connectivity index (χ0n) is 11.8. The van der Waals surface area contributed by atoms with Crippen molar-refractivity contribution in [2.45, 2.75) is 43.9 Å². The minimum atomic E-state index is -4.63. The predicted molar refractivity (Wildman–Crippen MR) is 71.7 cm³/mol. The average Bonchev–Trinajstić information content (AvgIpc) is 2.45. The van der Waals surface area contributed by atoms with Crippen LogP contribution in [0.4, 0.5) is 18.0 Å². The third-order valence-corrected chi connectivity index (χ3v) is 4.33. The van der Waals surface area contributed by atoms with Crippen LogP contribution < -0.4 is 5.32 Å². The Kier molecular flexibility index (Phi) is 4.81. The summed E-state index contributed by atoms with van der Waals surface area (Å²) >= 11 is 0. The van der Waals surface area contributed by atoms with Crippen LogP contribution in [0.3, 0.4) is 0 Å². The van der Waals surface area contributed by atoms with Gasteiger partial charge in [0.25, 0.3) is 0 Å². The Morgan fingerprint density at radius 1 is 1.33 bits per heavy atom. The van der Waals surface area contributed by atoms with Gasteiger partial charge in [0.05, 0.1) is 0 Å². The van der Waals surface area contributed by atoms with E-state index in [2.05, 4.69) is 17.5 Å². The van der Waals surface area contributed by atoms with Crippen molar-refractivity contribution in [3.8, 4) is 0 Å². The van der Waals surface area contributed by atoms with Crippen molar-refractivity contribution < 1.29 is 23.1 Å². The molecule has 1 atom stereocenters. The lowest BCUT2D eigenvalue weighted by Gasteiger charge is -2.39. The first-order valence-corrected chi connectivity index (χ1v) is 7.29. The minimum Gasteiger partial charge on any atom is -0.380 e. The summed E-state index contributed by atoms with van der Waals surface area (Å²) in [6, 6.07) is -0.339. The molecule has 0 radical (unpaired) electrons. The highest BCUT2D eigenvalue weighted by atomic mass is 19.4. The highest BCUT2D eigenvalue weighted by Crippen LogP contribution is 2.38. The Morgan fingerprint density at radius 2 is 2.00 bits per heavy atom. The molecular formula is C14H21F3N2O2. The van der Waals surface area contributed by atoms with E-state index in [1.165, 1.54) is 4.90 Å². The maximum Gasteiger partial charge on any atom is 0.417 e. The van der Waals surface area contributed by atoms with Crippen molar-refractivity contribution in [2.75, 3.05) is 19.6 Å². The maximum absolute atomic E-state index is 12.7. The molecule has 1 fully saturated rings. The van der Waals surface area contributed by atoms with E-state index in [-0.39, 0.29) is 19.1 Å². The van der Waals surface area contributed by atoms with Gasteiger partial charge in [-0.25, -0.2) is 4.79 Å². The average molecular weight is 306 g/mol. The van der Waals surface area contributed by atoms with Crippen LogP contribution in [0.15, 0.2) is 12.2 Å². The van der Waals surface area contributed by atoms with Gasteiger partial charge in [-0.2, -0.15) is 13.2 Å². The third-order valence-electron chi connectivity index (χ3n) is 4.33. The molecule has 1 aliphatic heterocycles. The topological polar surface area (TPSA) is 52.6 Å². The van der Waals surface area contributed by atoms with E-state index in [1.54, 1.807) is 0 Å². The third kappa shape index (κ3) is 3.90. The molecule has 120 valence electrons. The monoisotopic (exact) mass is 306 g/mol. The molecule has 2 amide bonds. The van der Waals surface area contributed by atoms with Gasteiger partial charge in [0.1, 0.15) is 0 Å². The van der Waals surface area contributed by atoms with Crippen LogP contribution in [-0.2, 0) is 0 Å². The van der Waals surface area contributed by atoms with Crippen molar-refractivity contribution in [3.63, 3.8) is 0 Å². The number of carbonyl (C=O) groups excluding carboxylic acids is 1. The van der Waals surface area contributed by atoms with E-state index >= 15 is 0 Å². The fraction of sp³-hybridized carbons (Fsp3) is 0.786. The van der Waals surface area contributed by atoms with Crippen molar-refractivity contribution in [1.29, 1.82) is 0 Å². The molecule has 4 nitrogen and oxygen atoms in total. The summed E-state index contributed by atoms with van der Waals surface area (Å²) in [5, 5.41) is 12.3. The molecule has 0 aromatic rings. The number of aliphatic hydroxyl groups is 1. The molecule has 0 saturated carbocycles. The van der Waals surface area contributed by atoms with E-state index in [1.807, 2.05) is 0 Å². The van der Waals surface area contributed by atoms with Crippen LogP contribution in [0, 0.1) is 5.92 Å². The first-order chi connectivity index (χ1) is 9.82. The number of nitrogens with zero attached hydrogens (tertiary/aromatic N) is 1. The summed E-state index contributed by atoms with van der Waals surface area (Å²) in [7, 11) is 0. The Bertz CT molecular complexity index is 402. The molecule has 1 heterocycles. The zero-order valence-corrected chi connectivity index (χ0v) is 11.8. The summed E-state index contributed by atoms with van der Waals surface area (Å²) < 4.78 is 38.0. The number of alkyl halides is 3. The fourth-order valence-corrected chi connectivity index (χ4v) is 2.75. The molecule has 21 heavy (non-hydrogen) atoms. The van der Waals surface area contributed by atoms with Crippen LogP contribution >= 0.6 is 0 Å². The normalized spacial score (nSPS) is 25.7. The standard InChI is InChI=1S/C14H21F3N2O2/c15-14(16,17)13(21)6-8-19(9-7-13)12(20)18-10-11-4-2-1-3-5-11/h1-2,11,21H,3-10H2,(H,18,20). The van der Waals surface area contributed by atoms with Crippen LogP contribution in [-0.4, -0.2) is 47.4 Å². The quantitative estimate of drug-likeness (QED) is 0.770. The smallest absolute Gasteiger partial charge is 0.380 e. The van der Waals surface area contributed by atoms with Crippen LogP contribution in [0.25, 0.3) is 0 Å². The molecule has 0 aromatic carbocycles. The molecule has 1 aliphatic carbocycles. The van der Waals surface area contributed by atoms with E-state index < -0.39 is 24.6 Å². The number of hydrogen-bond donors (Lipinski definition) is 2. The number of amides is 2. The Hall–Kier alpha value is -1.24. The largest absolute Gasteiger partial charge is 0.417 e. The lowest BCUT2D eigenvalue weighted by Crippen LogP contribution is -2.56. The number of carbonyl (C=O) groups is 1. The zero-order chi connectivity index (χ0) is 15.5. The van der Waals surface area contributed by atoms with Gasteiger partial charge in [0.15, 0.2) is 5.60 Å². The number of likely N-dealkylation sites (tertiary alicyclic amines) is 1. The molecule has 1 saturated heterocycles.